The number of carbonyl (C=O) groups is 2. The predicted octanol–water partition coefficient (Wildman–Crippen LogP) is 2.01. The van der Waals surface area contributed by atoms with Crippen LogP contribution in [0, 0.1) is 6.92 Å². The van der Waals surface area contributed by atoms with Crippen LogP contribution in [0.3, 0.4) is 0 Å². The van der Waals surface area contributed by atoms with Gasteiger partial charge in [0.15, 0.2) is 5.11 Å². The predicted molar refractivity (Wildman–Crippen MR) is 102 cm³/mol. The molecule has 1 aromatic heterocycles. The molecule has 1 aromatic rings. The van der Waals surface area contributed by atoms with Crippen molar-refractivity contribution in [2.45, 2.75) is 25.9 Å². The lowest BCUT2D eigenvalue weighted by Gasteiger charge is -2.14. The number of nitrogens with one attached hydrogen (secondary N) is 2. The standard InChI is InChI=1S/C16H23N3O4S2/c1-9-11(15(21)22-4)13(25-12(9)14(20)19(2)3)18-16(24)17-8-10-6-5-7-23-10/h10H,5-8H2,1-4H3,(H2,17,18,24)/t10-/m0/s1. The summed E-state index contributed by atoms with van der Waals surface area (Å²) in [6, 6.07) is 0. The molecule has 1 fully saturated rings. The van der Waals surface area contributed by atoms with Gasteiger partial charge in [-0.1, -0.05) is 0 Å². The van der Waals surface area contributed by atoms with Crippen molar-refractivity contribution >= 4 is 45.5 Å². The Morgan fingerprint density at radius 2 is 2.16 bits per heavy atom. The van der Waals surface area contributed by atoms with Crippen molar-refractivity contribution in [2.75, 3.05) is 39.7 Å². The van der Waals surface area contributed by atoms with E-state index in [0.29, 0.717) is 32.7 Å². The third-order valence-electron chi connectivity index (χ3n) is 3.88. The molecule has 25 heavy (non-hydrogen) atoms. The first-order chi connectivity index (χ1) is 11.8. The van der Waals surface area contributed by atoms with E-state index >= 15 is 0 Å². The normalized spacial score (nSPS) is 16.4. The minimum atomic E-state index is -0.504. The average molecular weight is 386 g/mol. The van der Waals surface area contributed by atoms with E-state index in [4.69, 9.17) is 21.7 Å². The van der Waals surface area contributed by atoms with Gasteiger partial charge in [0.05, 0.1) is 23.7 Å². The molecule has 0 saturated carbocycles. The molecular weight excluding hydrogens is 362 g/mol. The Balaban J connectivity index is 2.16. The van der Waals surface area contributed by atoms with Gasteiger partial charge in [0, 0.05) is 27.2 Å². The molecule has 1 aliphatic rings. The zero-order valence-corrected chi connectivity index (χ0v) is 16.4. The van der Waals surface area contributed by atoms with Crippen LogP contribution >= 0.6 is 23.6 Å². The number of thiophene rings is 1. The Kier molecular flexibility index (Phi) is 6.74. The van der Waals surface area contributed by atoms with Crippen LogP contribution in [-0.4, -0.2) is 62.3 Å². The largest absolute Gasteiger partial charge is 0.465 e. The number of anilines is 1. The van der Waals surface area contributed by atoms with Crippen LogP contribution in [0.2, 0.25) is 0 Å². The first kappa shape index (κ1) is 19.6. The van der Waals surface area contributed by atoms with Gasteiger partial charge in [-0.25, -0.2) is 4.79 Å². The van der Waals surface area contributed by atoms with E-state index in [1.54, 1.807) is 21.0 Å². The highest BCUT2D eigenvalue weighted by Crippen LogP contribution is 2.34. The molecule has 9 heteroatoms. The van der Waals surface area contributed by atoms with Crippen LogP contribution in [0.25, 0.3) is 0 Å². The zero-order valence-electron chi connectivity index (χ0n) is 14.8. The molecule has 0 unspecified atom stereocenters. The molecule has 2 rings (SSSR count). The molecule has 7 nitrogen and oxygen atoms in total. The summed E-state index contributed by atoms with van der Waals surface area (Å²) in [5.74, 6) is -0.671. The maximum atomic E-state index is 12.3. The van der Waals surface area contributed by atoms with Gasteiger partial charge in [0.2, 0.25) is 0 Å². The van der Waals surface area contributed by atoms with Crippen LogP contribution in [0.4, 0.5) is 5.00 Å². The topological polar surface area (TPSA) is 79.9 Å². The van der Waals surface area contributed by atoms with Gasteiger partial charge >= 0.3 is 5.97 Å². The number of thiocarbonyl (C=S) groups is 1. The monoisotopic (exact) mass is 385 g/mol. The molecule has 0 radical (unpaired) electrons. The molecule has 0 aliphatic carbocycles. The molecule has 2 N–H and O–H groups in total. The van der Waals surface area contributed by atoms with Gasteiger partial charge < -0.3 is 25.0 Å². The van der Waals surface area contributed by atoms with Gasteiger partial charge in [-0.05, 0) is 37.5 Å². The highest BCUT2D eigenvalue weighted by Gasteiger charge is 2.26. The van der Waals surface area contributed by atoms with Crippen molar-refractivity contribution < 1.29 is 19.1 Å². The van der Waals surface area contributed by atoms with Crippen LogP contribution in [-0.2, 0) is 9.47 Å². The Morgan fingerprint density at radius 3 is 2.72 bits per heavy atom. The molecule has 138 valence electrons. The van der Waals surface area contributed by atoms with E-state index in [1.165, 1.54) is 23.3 Å². The second kappa shape index (κ2) is 8.59. The minimum Gasteiger partial charge on any atom is -0.465 e. The number of amides is 1. The van der Waals surface area contributed by atoms with Gasteiger partial charge in [-0.2, -0.15) is 0 Å². The Bertz CT molecular complexity index is 667. The fraction of sp³-hybridized carbons (Fsp3) is 0.562. The number of hydrogen-bond donors (Lipinski definition) is 2. The SMILES string of the molecule is COC(=O)c1c(NC(=S)NC[C@@H]2CCCO2)sc(C(=O)N(C)C)c1C. The van der Waals surface area contributed by atoms with Crippen LogP contribution in [0.15, 0.2) is 0 Å². The lowest BCUT2D eigenvalue weighted by Crippen LogP contribution is -2.34. The summed E-state index contributed by atoms with van der Waals surface area (Å²) in [4.78, 5) is 26.4. The lowest BCUT2D eigenvalue weighted by atomic mass is 10.1. The average Bonchev–Trinajstić information content (AvgIpc) is 3.19. The number of hydrogen-bond acceptors (Lipinski definition) is 6. The third-order valence-corrected chi connectivity index (χ3v) is 5.32. The van der Waals surface area contributed by atoms with Crippen molar-refractivity contribution in [1.29, 1.82) is 0 Å². The third kappa shape index (κ3) is 4.68. The molecule has 2 heterocycles. The summed E-state index contributed by atoms with van der Waals surface area (Å²) in [5, 5.41) is 6.99. The first-order valence-electron chi connectivity index (χ1n) is 7.95. The summed E-state index contributed by atoms with van der Waals surface area (Å²) in [5.41, 5.74) is 0.916. The molecule has 0 bridgehead atoms. The Hall–Kier alpha value is -1.71. The summed E-state index contributed by atoms with van der Waals surface area (Å²) in [6.45, 7) is 3.11. The van der Waals surface area contributed by atoms with E-state index < -0.39 is 5.97 Å². The number of carbonyl (C=O) groups excluding carboxylic acids is 2. The maximum Gasteiger partial charge on any atom is 0.341 e. The molecule has 0 aromatic carbocycles. The van der Waals surface area contributed by atoms with Crippen molar-refractivity contribution in [1.82, 2.24) is 10.2 Å². The smallest absolute Gasteiger partial charge is 0.341 e. The van der Waals surface area contributed by atoms with Crippen molar-refractivity contribution in [3.63, 3.8) is 0 Å². The fourth-order valence-corrected chi connectivity index (χ4v) is 3.99. The van der Waals surface area contributed by atoms with E-state index in [-0.39, 0.29) is 12.0 Å². The van der Waals surface area contributed by atoms with Crippen molar-refractivity contribution in [3.05, 3.63) is 16.0 Å². The molecule has 1 saturated heterocycles. The van der Waals surface area contributed by atoms with E-state index in [0.717, 1.165) is 19.4 Å². The number of rotatable bonds is 5. The van der Waals surface area contributed by atoms with Gasteiger partial charge in [0.1, 0.15) is 5.00 Å². The van der Waals surface area contributed by atoms with Gasteiger partial charge in [0.25, 0.3) is 5.91 Å². The second-order valence-electron chi connectivity index (χ2n) is 5.92. The highest BCUT2D eigenvalue weighted by molar-refractivity contribution is 7.80. The second-order valence-corrected chi connectivity index (χ2v) is 7.35. The summed E-state index contributed by atoms with van der Waals surface area (Å²) < 4.78 is 10.4. The molecule has 1 aliphatic heterocycles. The maximum absolute atomic E-state index is 12.3. The summed E-state index contributed by atoms with van der Waals surface area (Å²) in [7, 11) is 4.64. The number of esters is 1. The molecule has 1 amide bonds. The first-order valence-corrected chi connectivity index (χ1v) is 9.17. The highest BCUT2D eigenvalue weighted by atomic mass is 32.1. The summed E-state index contributed by atoms with van der Waals surface area (Å²) >= 11 is 6.50. The van der Waals surface area contributed by atoms with Crippen LogP contribution < -0.4 is 10.6 Å². The van der Waals surface area contributed by atoms with Crippen LogP contribution in [0.5, 0.6) is 0 Å². The number of nitrogens with zero attached hydrogens (tertiary/aromatic N) is 1. The van der Waals surface area contributed by atoms with Crippen LogP contribution in [0.1, 0.15) is 38.4 Å². The fourth-order valence-electron chi connectivity index (χ4n) is 2.52. The lowest BCUT2D eigenvalue weighted by molar-refractivity contribution is 0.0601. The van der Waals surface area contributed by atoms with E-state index in [1.807, 2.05) is 0 Å². The Labute approximate surface area is 156 Å². The number of methoxy groups -OCH3 is 1. The van der Waals surface area contributed by atoms with E-state index in [2.05, 4.69) is 10.6 Å². The number of ether oxygens (including phenoxy) is 2. The quantitative estimate of drug-likeness (QED) is 0.593. The molecular formula is C16H23N3O4S2. The van der Waals surface area contributed by atoms with E-state index in [9.17, 15) is 9.59 Å². The minimum absolute atomic E-state index is 0.149. The zero-order chi connectivity index (χ0) is 18.6. The van der Waals surface area contributed by atoms with Crippen molar-refractivity contribution in [3.8, 4) is 0 Å². The molecule has 1 atom stereocenters. The van der Waals surface area contributed by atoms with Crippen molar-refractivity contribution in [2.24, 2.45) is 0 Å². The summed E-state index contributed by atoms with van der Waals surface area (Å²) in [6.07, 6.45) is 2.21. The molecule has 0 spiro atoms. The Morgan fingerprint density at radius 1 is 1.44 bits per heavy atom. The van der Waals surface area contributed by atoms with Gasteiger partial charge in [-0.15, -0.1) is 11.3 Å². The van der Waals surface area contributed by atoms with Gasteiger partial charge in [-0.3, -0.25) is 4.79 Å².